The minimum atomic E-state index is -0.164. The van der Waals surface area contributed by atoms with Gasteiger partial charge in [0, 0.05) is 12.6 Å². The molecule has 0 aliphatic rings. The lowest BCUT2D eigenvalue weighted by atomic mass is 10.2. The molecule has 1 unspecified atom stereocenters. The van der Waals surface area contributed by atoms with Gasteiger partial charge in [-0.15, -0.1) is 0 Å². The Morgan fingerprint density at radius 1 is 1.79 bits per heavy atom. The fraction of sp³-hybridized carbons (Fsp3) is 0.444. The Bertz CT molecular complexity index is 308. The van der Waals surface area contributed by atoms with Crippen molar-refractivity contribution in [3.05, 3.63) is 22.6 Å². The van der Waals surface area contributed by atoms with Crippen molar-refractivity contribution in [2.24, 2.45) is 5.73 Å². The molecule has 1 aromatic heterocycles. The molecular weight excluding hydrogens is 248 g/mol. The van der Waals surface area contributed by atoms with E-state index in [1.807, 2.05) is 6.92 Å². The zero-order chi connectivity index (χ0) is 10.6. The van der Waals surface area contributed by atoms with Crippen molar-refractivity contribution >= 4 is 21.8 Å². The van der Waals surface area contributed by atoms with Crippen LogP contribution < -0.4 is 11.1 Å². The number of nitrogens with two attached hydrogens (primary N) is 1. The molecule has 0 aliphatic heterocycles. The van der Waals surface area contributed by atoms with Crippen molar-refractivity contribution in [2.75, 3.05) is 6.54 Å². The van der Waals surface area contributed by atoms with Crippen molar-refractivity contribution < 1.29 is 9.21 Å². The third-order valence-electron chi connectivity index (χ3n) is 1.98. The molecule has 4 nitrogen and oxygen atoms in total. The fourth-order valence-corrected chi connectivity index (χ4v) is 1.47. The van der Waals surface area contributed by atoms with Gasteiger partial charge in [0.15, 0.2) is 4.67 Å². The van der Waals surface area contributed by atoms with Gasteiger partial charge in [-0.05, 0) is 28.4 Å². The second kappa shape index (κ2) is 5.17. The van der Waals surface area contributed by atoms with Gasteiger partial charge >= 0.3 is 0 Å². The minimum absolute atomic E-state index is 0.0179. The molecule has 78 valence electrons. The summed E-state index contributed by atoms with van der Waals surface area (Å²) < 4.78 is 5.41. The first-order chi connectivity index (χ1) is 6.69. The van der Waals surface area contributed by atoms with Gasteiger partial charge < -0.3 is 15.5 Å². The number of hydrogen-bond donors (Lipinski definition) is 2. The quantitative estimate of drug-likeness (QED) is 0.863. The van der Waals surface area contributed by atoms with E-state index in [1.54, 1.807) is 6.07 Å². The highest BCUT2D eigenvalue weighted by molar-refractivity contribution is 9.10. The van der Waals surface area contributed by atoms with Gasteiger partial charge in [0.25, 0.3) is 5.91 Å². The van der Waals surface area contributed by atoms with Gasteiger partial charge in [0.2, 0.25) is 0 Å². The maximum absolute atomic E-state index is 11.6. The molecule has 0 bridgehead atoms. The molecule has 3 N–H and O–H groups in total. The molecule has 0 aromatic carbocycles. The van der Waals surface area contributed by atoms with E-state index in [9.17, 15) is 4.79 Å². The lowest BCUT2D eigenvalue weighted by Gasteiger charge is -2.13. The maximum atomic E-state index is 11.6. The van der Waals surface area contributed by atoms with Crippen LogP contribution in [0, 0.1) is 0 Å². The van der Waals surface area contributed by atoms with Crippen LogP contribution in [0.5, 0.6) is 0 Å². The third kappa shape index (κ3) is 2.59. The number of carbonyl (C=O) groups is 1. The van der Waals surface area contributed by atoms with Crippen LogP contribution >= 0.6 is 15.9 Å². The summed E-state index contributed by atoms with van der Waals surface area (Å²) in [6.07, 6.45) is 2.28. The molecule has 0 aliphatic carbocycles. The molecule has 14 heavy (non-hydrogen) atoms. The van der Waals surface area contributed by atoms with Crippen LogP contribution in [0.4, 0.5) is 0 Å². The van der Waals surface area contributed by atoms with Crippen LogP contribution in [0.3, 0.4) is 0 Å². The Balaban J connectivity index is 2.63. The third-order valence-corrected chi connectivity index (χ3v) is 2.59. The summed E-state index contributed by atoms with van der Waals surface area (Å²) in [7, 11) is 0. The minimum Gasteiger partial charge on any atom is -0.457 e. The highest BCUT2D eigenvalue weighted by Crippen LogP contribution is 2.17. The average molecular weight is 261 g/mol. The largest absolute Gasteiger partial charge is 0.457 e. The Hall–Kier alpha value is -0.810. The number of amides is 1. The van der Waals surface area contributed by atoms with Crippen molar-refractivity contribution in [3.8, 4) is 0 Å². The van der Waals surface area contributed by atoms with Gasteiger partial charge in [-0.25, -0.2) is 0 Å². The summed E-state index contributed by atoms with van der Waals surface area (Å²) >= 11 is 3.14. The molecule has 1 rings (SSSR count). The first-order valence-electron chi connectivity index (χ1n) is 4.43. The zero-order valence-corrected chi connectivity index (χ0v) is 9.50. The summed E-state index contributed by atoms with van der Waals surface area (Å²) in [4.78, 5) is 11.6. The van der Waals surface area contributed by atoms with Crippen molar-refractivity contribution in [2.45, 2.75) is 19.4 Å². The number of hydrogen-bond acceptors (Lipinski definition) is 3. The topological polar surface area (TPSA) is 68.3 Å². The molecule has 1 amide bonds. The Kier molecular flexibility index (Phi) is 4.16. The zero-order valence-electron chi connectivity index (χ0n) is 7.92. The number of halogens is 1. The molecule has 0 saturated heterocycles. The Morgan fingerprint density at radius 2 is 2.50 bits per heavy atom. The lowest BCUT2D eigenvalue weighted by molar-refractivity contribution is 0.0935. The number of rotatable bonds is 4. The molecule has 0 spiro atoms. The molecule has 5 heteroatoms. The molecule has 0 saturated carbocycles. The smallest absolute Gasteiger partial charge is 0.256 e. The van der Waals surface area contributed by atoms with Crippen LogP contribution in [-0.2, 0) is 0 Å². The number of nitrogens with one attached hydrogen (secondary N) is 1. The van der Waals surface area contributed by atoms with Gasteiger partial charge in [-0.1, -0.05) is 6.92 Å². The Morgan fingerprint density at radius 3 is 2.93 bits per heavy atom. The summed E-state index contributed by atoms with van der Waals surface area (Å²) in [6.45, 7) is 2.42. The van der Waals surface area contributed by atoms with Gasteiger partial charge in [-0.2, -0.15) is 0 Å². The average Bonchev–Trinajstić information content (AvgIpc) is 2.60. The first-order valence-corrected chi connectivity index (χ1v) is 5.22. The van der Waals surface area contributed by atoms with E-state index in [0.717, 1.165) is 6.42 Å². The second-order valence-electron chi connectivity index (χ2n) is 2.92. The molecule has 1 atom stereocenters. The van der Waals surface area contributed by atoms with Crippen LogP contribution in [-0.4, -0.2) is 18.5 Å². The van der Waals surface area contributed by atoms with E-state index in [2.05, 4.69) is 21.2 Å². The molecule has 1 aromatic rings. The van der Waals surface area contributed by atoms with Crippen LogP contribution in [0.2, 0.25) is 0 Å². The molecule has 0 fully saturated rings. The van der Waals surface area contributed by atoms with Crippen molar-refractivity contribution in [3.63, 3.8) is 0 Å². The first kappa shape index (κ1) is 11.3. The fourth-order valence-electron chi connectivity index (χ4n) is 1.05. The SMILES string of the molecule is CCC(CN)NC(=O)c1ccoc1Br. The predicted molar refractivity (Wildman–Crippen MR) is 57.0 cm³/mol. The number of furan rings is 1. The summed E-state index contributed by atoms with van der Waals surface area (Å²) in [5, 5.41) is 2.81. The predicted octanol–water partition coefficient (Wildman–Crippen LogP) is 1.51. The standard InChI is InChI=1S/C9H13BrN2O2/c1-2-6(5-11)12-9(13)7-3-4-14-8(7)10/h3-4,6H,2,5,11H2,1H3,(H,12,13). The maximum Gasteiger partial charge on any atom is 0.256 e. The van der Waals surface area contributed by atoms with E-state index in [-0.39, 0.29) is 11.9 Å². The summed E-state index contributed by atoms with van der Waals surface area (Å²) in [6, 6.07) is 1.63. The monoisotopic (exact) mass is 260 g/mol. The summed E-state index contributed by atoms with van der Waals surface area (Å²) in [5.74, 6) is -0.164. The van der Waals surface area contributed by atoms with E-state index >= 15 is 0 Å². The second-order valence-corrected chi connectivity index (χ2v) is 3.64. The Labute approximate surface area is 91.0 Å². The van der Waals surface area contributed by atoms with Crippen LogP contribution in [0.15, 0.2) is 21.4 Å². The number of carbonyl (C=O) groups excluding carboxylic acids is 1. The van der Waals surface area contributed by atoms with E-state index < -0.39 is 0 Å². The van der Waals surface area contributed by atoms with Crippen LogP contribution in [0.1, 0.15) is 23.7 Å². The van der Waals surface area contributed by atoms with Crippen molar-refractivity contribution in [1.82, 2.24) is 5.32 Å². The molecule has 1 heterocycles. The molecule has 0 radical (unpaired) electrons. The van der Waals surface area contributed by atoms with Crippen LogP contribution in [0.25, 0.3) is 0 Å². The van der Waals surface area contributed by atoms with Gasteiger partial charge in [-0.3, -0.25) is 4.79 Å². The van der Waals surface area contributed by atoms with Gasteiger partial charge in [0.1, 0.15) is 0 Å². The molecular formula is C9H13BrN2O2. The summed E-state index contributed by atoms with van der Waals surface area (Å²) in [5.41, 5.74) is 5.97. The highest BCUT2D eigenvalue weighted by atomic mass is 79.9. The van der Waals surface area contributed by atoms with E-state index in [4.69, 9.17) is 10.2 Å². The van der Waals surface area contributed by atoms with E-state index in [0.29, 0.717) is 16.8 Å². The normalized spacial score (nSPS) is 12.5. The van der Waals surface area contributed by atoms with Crippen molar-refractivity contribution in [1.29, 1.82) is 0 Å². The van der Waals surface area contributed by atoms with E-state index in [1.165, 1.54) is 6.26 Å². The van der Waals surface area contributed by atoms with Gasteiger partial charge in [0.05, 0.1) is 11.8 Å². The highest BCUT2D eigenvalue weighted by Gasteiger charge is 2.15. The lowest BCUT2D eigenvalue weighted by Crippen LogP contribution is -2.39.